The number of halogens is 3. The zero-order valence-electron chi connectivity index (χ0n) is 16.2. The summed E-state index contributed by atoms with van der Waals surface area (Å²) in [5.41, 5.74) is 1.59. The van der Waals surface area contributed by atoms with Crippen molar-refractivity contribution in [2.24, 2.45) is 4.99 Å². The maximum absolute atomic E-state index is 12.2. The minimum absolute atomic E-state index is 0.0856. The third-order valence-electron chi connectivity index (χ3n) is 4.44. The van der Waals surface area contributed by atoms with Crippen molar-refractivity contribution < 1.29 is 17.9 Å². The highest BCUT2D eigenvalue weighted by Gasteiger charge is 2.27. The van der Waals surface area contributed by atoms with Gasteiger partial charge in [0.25, 0.3) is 0 Å². The lowest BCUT2D eigenvalue weighted by atomic mass is 10.1. The molecule has 1 aliphatic heterocycles. The summed E-state index contributed by atoms with van der Waals surface area (Å²) in [5.74, 6) is 1.69. The first-order valence-corrected chi connectivity index (χ1v) is 9.57. The van der Waals surface area contributed by atoms with Crippen LogP contribution in [0.25, 0.3) is 0 Å². The quantitative estimate of drug-likeness (QED) is 0.542. The Morgan fingerprint density at radius 1 is 1.34 bits per heavy atom. The Hall–Kier alpha value is -2.62. The number of alkyl halides is 3. The summed E-state index contributed by atoms with van der Waals surface area (Å²) in [6.07, 6.45) is -0.949. The minimum atomic E-state index is -4.32. The highest BCUT2D eigenvalue weighted by atomic mass is 19.4. The normalized spacial score (nSPS) is 17.1. The van der Waals surface area contributed by atoms with Crippen LogP contribution in [0.15, 0.2) is 35.6 Å². The summed E-state index contributed by atoms with van der Waals surface area (Å²) in [7, 11) is 0. The predicted octanol–water partition coefficient (Wildman–Crippen LogP) is 2.43. The fourth-order valence-corrected chi connectivity index (χ4v) is 3.14. The molecule has 0 radical (unpaired) electrons. The number of ether oxygens (including phenoxy) is 1. The van der Waals surface area contributed by atoms with E-state index >= 15 is 0 Å². The molecule has 2 N–H and O–H groups in total. The highest BCUT2D eigenvalue weighted by molar-refractivity contribution is 5.80. The van der Waals surface area contributed by atoms with Gasteiger partial charge in [-0.25, -0.2) is 14.7 Å². The van der Waals surface area contributed by atoms with Crippen LogP contribution in [0.4, 0.5) is 13.2 Å². The molecule has 1 atom stereocenters. The van der Waals surface area contributed by atoms with Gasteiger partial charge in [0.15, 0.2) is 5.96 Å². The Morgan fingerprint density at radius 2 is 2.17 bits per heavy atom. The van der Waals surface area contributed by atoms with Crippen LogP contribution >= 0.6 is 0 Å². The van der Waals surface area contributed by atoms with Gasteiger partial charge in [0.05, 0.1) is 19.7 Å². The lowest BCUT2D eigenvalue weighted by Crippen LogP contribution is -2.47. The lowest BCUT2D eigenvalue weighted by molar-refractivity contribution is -0.176. The maximum atomic E-state index is 12.2. The molecule has 7 nitrogen and oxygen atoms in total. The smallest absolute Gasteiger partial charge is 0.367 e. The van der Waals surface area contributed by atoms with E-state index in [1.165, 1.54) is 0 Å². The molecule has 2 aromatic rings. The van der Waals surface area contributed by atoms with Gasteiger partial charge >= 0.3 is 6.18 Å². The first kappa shape index (κ1) is 21.1. The Balaban J connectivity index is 1.56. The topological polar surface area (TPSA) is 76.4 Å². The molecule has 1 aromatic carbocycles. The van der Waals surface area contributed by atoms with Crippen molar-refractivity contribution in [1.82, 2.24) is 25.4 Å². The van der Waals surface area contributed by atoms with E-state index in [4.69, 9.17) is 4.74 Å². The fraction of sp³-hybridized carbons (Fsp3) is 0.526. The van der Waals surface area contributed by atoms with Crippen LogP contribution < -0.4 is 10.6 Å². The van der Waals surface area contributed by atoms with Gasteiger partial charge in [-0.15, -0.1) is 0 Å². The number of fused-ring (bicyclic) bond motifs is 1. The van der Waals surface area contributed by atoms with Crippen LogP contribution in [0.2, 0.25) is 0 Å². The van der Waals surface area contributed by atoms with Crippen molar-refractivity contribution in [1.29, 1.82) is 0 Å². The molecule has 29 heavy (non-hydrogen) atoms. The zero-order valence-corrected chi connectivity index (χ0v) is 16.2. The number of benzene rings is 1. The predicted molar refractivity (Wildman–Crippen MR) is 102 cm³/mol. The SMILES string of the molecule is CCNC(=NCc1cccc(COCC(F)(F)F)c1)NC1CCc2ncnn2C1. The largest absolute Gasteiger partial charge is 0.411 e. The molecular formula is C19H25F3N6O. The fourth-order valence-electron chi connectivity index (χ4n) is 3.14. The second kappa shape index (κ2) is 9.73. The summed E-state index contributed by atoms with van der Waals surface area (Å²) in [6, 6.07) is 7.44. The molecule has 1 aromatic heterocycles. The van der Waals surface area contributed by atoms with Gasteiger partial charge in [0, 0.05) is 19.0 Å². The summed E-state index contributed by atoms with van der Waals surface area (Å²) in [4.78, 5) is 8.84. The molecule has 1 aliphatic rings. The molecule has 2 heterocycles. The number of aromatic nitrogens is 3. The standard InChI is InChI=1S/C19H25F3N6O/c1-2-23-18(27-16-6-7-17-25-13-26-28(17)10-16)24-9-14-4-3-5-15(8-14)11-29-12-19(20,21)22/h3-5,8,13,16H,2,6-7,9-12H2,1H3,(H2,23,24,27). The molecular weight excluding hydrogens is 385 g/mol. The van der Waals surface area contributed by atoms with Crippen molar-refractivity contribution in [2.45, 2.75) is 51.7 Å². The summed E-state index contributed by atoms with van der Waals surface area (Å²) in [5, 5.41) is 10.9. The average molecular weight is 410 g/mol. The van der Waals surface area contributed by atoms with Gasteiger partial charge in [-0.2, -0.15) is 18.3 Å². The molecule has 10 heteroatoms. The van der Waals surface area contributed by atoms with Crippen LogP contribution in [0.1, 0.15) is 30.3 Å². The summed E-state index contributed by atoms with van der Waals surface area (Å²) >= 11 is 0. The number of nitrogens with zero attached hydrogens (tertiary/aromatic N) is 4. The van der Waals surface area contributed by atoms with Gasteiger partial charge in [0.1, 0.15) is 18.8 Å². The van der Waals surface area contributed by atoms with E-state index in [-0.39, 0.29) is 12.6 Å². The van der Waals surface area contributed by atoms with E-state index in [1.54, 1.807) is 18.5 Å². The molecule has 0 spiro atoms. The Labute approximate surface area is 167 Å². The third kappa shape index (κ3) is 6.74. The van der Waals surface area contributed by atoms with Gasteiger partial charge in [-0.1, -0.05) is 24.3 Å². The Morgan fingerprint density at radius 3 is 2.97 bits per heavy atom. The molecule has 1 unspecified atom stereocenters. The third-order valence-corrected chi connectivity index (χ3v) is 4.44. The maximum Gasteiger partial charge on any atom is 0.411 e. The Bertz CT molecular complexity index is 820. The second-order valence-corrected chi connectivity index (χ2v) is 6.86. The number of hydrogen-bond donors (Lipinski definition) is 2. The minimum Gasteiger partial charge on any atom is -0.367 e. The second-order valence-electron chi connectivity index (χ2n) is 6.86. The zero-order chi connectivity index (χ0) is 20.7. The number of rotatable bonds is 7. The van der Waals surface area contributed by atoms with Crippen molar-refractivity contribution in [2.75, 3.05) is 13.2 Å². The monoisotopic (exact) mass is 410 g/mol. The lowest BCUT2D eigenvalue weighted by Gasteiger charge is -2.25. The van der Waals surface area contributed by atoms with Gasteiger partial charge in [-0.3, -0.25) is 0 Å². The van der Waals surface area contributed by atoms with Gasteiger partial charge in [-0.05, 0) is 24.5 Å². The molecule has 3 rings (SSSR count). The molecule has 0 bridgehead atoms. The van der Waals surface area contributed by atoms with Crippen molar-refractivity contribution in [3.63, 3.8) is 0 Å². The van der Waals surface area contributed by atoms with Crippen LogP contribution in [0.3, 0.4) is 0 Å². The van der Waals surface area contributed by atoms with E-state index in [9.17, 15) is 13.2 Å². The van der Waals surface area contributed by atoms with E-state index in [0.717, 1.165) is 37.3 Å². The molecule has 0 saturated heterocycles. The Kier molecular flexibility index (Phi) is 7.08. The van der Waals surface area contributed by atoms with E-state index in [0.29, 0.717) is 18.1 Å². The number of aliphatic imine (C=N–C) groups is 1. The summed E-state index contributed by atoms with van der Waals surface area (Å²) in [6.45, 7) is 2.51. The van der Waals surface area contributed by atoms with Gasteiger partial charge < -0.3 is 15.4 Å². The van der Waals surface area contributed by atoms with Crippen LogP contribution in [-0.2, 0) is 30.9 Å². The molecule has 0 aliphatic carbocycles. The number of aryl methyl sites for hydroxylation is 1. The van der Waals surface area contributed by atoms with Crippen LogP contribution in [0, 0.1) is 0 Å². The van der Waals surface area contributed by atoms with Crippen LogP contribution in [-0.4, -0.2) is 46.1 Å². The van der Waals surface area contributed by atoms with Crippen molar-refractivity contribution in [3.05, 3.63) is 47.5 Å². The number of hydrogen-bond acceptors (Lipinski definition) is 4. The van der Waals surface area contributed by atoms with Crippen molar-refractivity contribution in [3.8, 4) is 0 Å². The van der Waals surface area contributed by atoms with Crippen molar-refractivity contribution >= 4 is 5.96 Å². The average Bonchev–Trinajstić information content (AvgIpc) is 3.13. The number of guanidine groups is 1. The van der Waals surface area contributed by atoms with E-state index in [2.05, 4.69) is 25.7 Å². The summed E-state index contributed by atoms with van der Waals surface area (Å²) < 4.78 is 43.3. The van der Waals surface area contributed by atoms with E-state index < -0.39 is 12.8 Å². The molecule has 158 valence electrons. The molecule has 0 fully saturated rings. The highest BCUT2D eigenvalue weighted by Crippen LogP contribution is 2.16. The van der Waals surface area contributed by atoms with E-state index in [1.807, 2.05) is 23.7 Å². The molecule has 0 amide bonds. The number of nitrogens with one attached hydrogen (secondary N) is 2. The molecule has 0 saturated carbocycles. The first-order valence-electron chi connectivity index (χ1n) is 9.57. The first-order chi connectivity index (χ1) is 13.9. The van der Waals surface area contributed by atoms with Crippen LogP contribution in [0.5, 0.6) is 0 Å². The van der Waals surface area contributed by atoms with Gasteiger partial charge in [0.2, 0.25) is 0 Å².